The van der Waals surface area contributed by atoms with Crippen LogP contribution in [0.25, 0.3) is 10.8 Å². The fourth-order valence-corrected chi connectivity index (χ4v) is 2.86. The molecule has 1 heterocycles. The molecule has 0 radical (unpaired) electrons. The molecule has 0 aliphatic heterocycles. The molecular formula is C20H23N3O. The Morgan fingerprint density at radius 3 is 2.54 bits per heavy atom. The van der Waals surface area contributed by atoms with Crippen LogP contribution in [0.2, 0.25) is 0 Å². The average molecular weight is 321 g/mol. The second-order valence-corrected chi connectivity index (χ2v) is 6.34. The van der Waals surface area contributed by atoms with Gasteiger partial charge in [0.05, 0.1) is 18.1 Å². The molecule has 4 heteroatoms. The predicted octanol–water partition coefficient (Wildman–Crippen LogP) is 3.18. The van der Waals surface area contributed by atoms with Crippen molar-refractivity contribution in [1.82, 2.24) is 15.1 Å². The van der Waals surface area contributed by atoms with E-state index in [1.54, 1.807) is 10.9 Å². The monoisotopic (exact) mass is 321 g/mol. The second kappa shape index (κ2) is 7.41. The van der Waals surface area contributed by atoms with Gasteiger partial charge in [0.25, 0.3) is 5.56 Å². The lowest BCUT2D eigenvalue weighted by Crippen LogP contribution is -2.37. The van der Waals surface area contributed by atoms with E-state index in [0.29, 0.717) is 12.5 Å². The summed E-state index contributed by atoms with van der Waals surface area (Å²) in [7, 11) is 0. The molecule has 2 aromatic carbocycles. The summed E-state index contributed by atoms with van der Waals surface area (Å²) < 4.78 is 1.55. The average Bonchev–Trinajstić information content (AvgIpc) is 2.63. The number of hydrogen-bond donors (Lipinski definition) is 1. The number of hydrogen-bond acceptors (Lipinski definition) is 3. The summed E-state index contributed by atoms with van der Waals surface area (Å²) in [4.78, 5) is 12.5. The molecule has 1 N–H and O–H groups in total. The molecule has 0 fully saturated rings. The van der Waals surface area contributed by atoms with Gasteiger partial charge >= 0.3 is 0 Å². The maximum absolute atomic E-state index is 12.5. The fraction of sp³-hybridized carbons (Fsp3) is 0.300. The normalized spacial score (nSPS) is 13.8. The van der Waals surface area contributed by atoms with Gasteiger partial charge in [-0.05, 0) is 24.5 Å². The maximum atomic E-state index is 12.5. The molecule has 24 heavy (non-hydrogen) atoms. The van der Waals surface area contributed by atoms with Crippen molar-refractivity contribution >= 4 is 10.8 Å². The van der Waals surface area contributed by atoms with Crippen LogP contribution >= 0.6 is 0 Å². The summed E-state index contributed by atoms with van der Waals surface area (Å²) in [6, 6.07) is 18.2. The van der Waals surface area contributed by atoms with Crippen LogP contribution in [0, 0.1) is 0 Å². The first-order valence-corrected chi connectivity index (χ1v) is 8.38. The van der Waals surface area contributed by atoms with Crippen molar-refractivity contribution in [3.05, 3.63) is 76.7 Å². The molecule has 0 saturated carbocycles. The van der Waals surface area contributed by atoms with Gasteiger partial charge in [-0.3, -0.25) is 4.79 Å². The van der Waals surface area contributed by atoms with E-state index < -0.39 is 0 Å². The lowest BCUT2D eigenvalue weighted by atomic mass is 10.0. The molecule has 124 valence electrons. The molecule has 0 aliphatic carbocycles. The highest BCUT2D eigenvalue weighted by Gasteiger charge is 2.10. The summed E-state index contributed by atoms with van der Waals surface area (Å²) >= 11 is 0. The van der Waals surface area contributed by atoms with Gasteiger partial charge in [-0.1, -0.05) is 55.5 Å². The van der Waals surface area contributed by atoms with Gasteiger partial charge in [-0.15, -0.1) is 0 Å². The van der Waals surface area contributed by atoms with E-state index in [-0.39, 0.29) is 11.6 Å². The van der Waals surface area contributed by atoms with Gasteiger partial charge in [0, 0.05) is 18.0 Å². The van der Waals surface area contributed by atoms with Crippen molar-refractivity contribution in [3.8, 4) is 0 Å². The number of rotatable bonds is 6. The van der Waals surface area contributed by atoms with Crippen molar-refractivity contribution in [2.45, 2.75) is 32.4 Å². The summed E-state index contributed by atoms with van der Waals surface area (Å²) in [6.45, 7) is 5.72. The van der Waals surface area contributed by atoms with E-state index in [0.717, 1.165) is 17.3 Å². The van der Waals surface area contributed by atoms with Gasteiger partial charge in [0.15, 0.2) is 0 Å². The van der Waals surface area contributed by atoms with Crippen LogP contribution in [0.3, 0.4) is 0 Å². The van der Waals surface area contributed by atoms with Crippen LogP contribution in [0.4, 0.5) is 0 Å². The minimum Gasteiger partial charge on any atom is -0.312 e. The van der Waals surface area contributed by atoms with Gasteiger partial charge in [0.2, 0.25) is 0 Å². The Bertz CT molecular complexity index is 857. The second-order valence-electron chi connectivity index (χ2n) is 6.34. The zero-order valence-electron chi connectivity index (χ0n) is 14.1. The Morgan fingerprint density at radius 1 is 1.04 bits per heavy atom. The molecule has 3 aromatic rings. The van der Waals surface area contributed by atoms with Crippen molar-refractivity contribution in [2.24, 2.45) is 0 Å². The summed E-state index contributed by atoms with van der Waals surface area (Å²) in [5, 5.41) is 9.41. The Kier molecular flexibility index (Phi) is 5.06. The molecule has 3 rings (SSSR count). The Labute approximate surface area is 142 Å². The van der Waals surface area contributed by atoms with Crippen LogP contribution in [-0.2, 0) is 6.54 Å². The molecule has 0 saturated heterocycles. The van der Waals surface area contributed by atoms with Crippen LogP contribution in [0.1, 0.15) is 25.3 Å². The zero-order chi connectivity index (χ0) is 16.9. The summed E-state index contributed by atoms with van der Waals surface area (Å²) in [5.41, 5.74) is 1.29. The molecule has 1 aromatic heterocycles. The van der Waals surface area contributed by atoms with Crippen molar-refractivity contribution in [3.63, 3.8) is 0 Å². The lowest BCUT2D eigenvalue weighted by Gasteiger charge is -2.18. The highest BCUT2D eigenvalue weighted by atomic mass is 16.1. The van der Waals surface area contributed by atoms with Crippen LogP contribution in [0.5, 0.6) is 0 Å². The van der Waals surface area contributed by atoms with Crippen LogP contribution < -0.4 is 10.9 Å². The van der Waals surface area contributed by atoms with Gasteiger partial charge in [0.1, 0.15) is 0 Å². The van der Waals surface area contributed by atoms with Gasteiger partial charge in [-0.25, -0.2) is 4.68 Å². The molecule has 0 aliphatic rings. The summed E-state index contributed by atoms with van der Waals surface area (Å²) in [6.07, 6.45) is 1.76. The third kappa shape index (κ3) is 3.71. The van der Waals surface area contributed by atoms with Crippen molar-refractivity contribution in [2.75, 3.05) is 6.54 Å². The lowest BCUT2D eigenvalue weighted by molar-refractivity contribution is 0.430. The largest absolute Gasteiger partial charge is 0.312 e. The van der Waals surface area contributed by atoms with Crippen molar-refractivity contribution < 1.29 is 0 Å². The third-order valence-corrected chi connectivity index (χ3v) is 4.35. The Balaban J connectivity index is 1.64. The number of nitrogens with one attached hydrogen (secondary N) is 1. The number of benzene rings is 2. The quantitative estimate of drug-likeness (QED) is 0.758. The minimum atomic E-state index is -0.0298. The molecule has 2 atom stereocenters. The highest BCUT2D eigenvalue weighted by Crippen LogP contribution is 2.13. The smallest absolute Gasteiger partial charge is 0.274 e. The fourth-order valence-electron chi connectivity index (χ4n) is 2.86. The first-order chi connectivity index (χ1) is 11.6. The van der Waals surface area contributed by atoms with Gasteiger partial charge < -0.3 is 5.32 Å². The molecule has 0 amide bonds. The summed E-state index contributed by atoms with van der Waals surface area (Å²) in [5.74, 6) is 0.426. The topological polar surface area (TPSA) is 46.9 Å². The van der Waals surface area contributed by atoms with E-state index in [1.165, 1.54) is 5.56 Å². The zero-order valence-corrected chi connectivity index (χ0v) is 14.1. The molecule has 4 nitrogen and oxygen atoms in total. The number of nitrogens with zero attached hydrogens (tertiary/aromatic N) is 2. The minimum absolute atomic E-state index is 0.0298. The standard InChI is InChI=1S/C20H23N3O/c1-15(17-8-4-3-5-9-17)12-21-16(2)14-23-20(24)19-11-7-6-10-18(19)13-22-23/h3-11,13,15-16,21H,12,14H2,1-2H3/t15-,16-/m0/s1. The van der Waals surface area contributed by atoms with Gasteiger partial charge in [-0.2, -0.15) is 5.10 Å². The SMILES string of the molecule is C[C@@H](Cn1ncc2ccccc2c1=O)NC[C@H](C)c1ccccc1. The van der Waals surface area contributed by atoms with E-state index in [2.05, 4.69) is 48.5 Å². The van der Waals surface area contributed by atoms with E-state index in [1.807, 2.05) is 30.3 Å². The van der Waals surface area contributed by atoms with E-state index >= 15 is 0 Å². The molecular weight excluding hydrogens is 298 g/mol. The van der Waals surface area contributed by atoms with E-state index in [9.17, 15) is 4.79 Å². The number of aromatic nitrogens is 2. The predicted molar refractivity (Wildman–Crippen MR) is 98.3 cm³/mol. The molecule has 0 spiro atoms. The Morgan fingerprint density at radius 2 is 1.75 bits per heavy atom. The number of fused-ring (bicyclic) bond motifs is 1. The molecule has 0 unspecified atom stereocenters. The molecule has 0 bridgehead atoms. The first-order valence-electron chi connectivity index (χ1n) is 8.38. The Hall–Kier alpha value is -2.46. The van der Waals surface area contributed by atoms with Crippen LogP contribution in [0.15, 0.2) is 65.6 Å². The highest BCUT2D eigenvalue weighted by molar-refractivity contribution is 5.80. The van der Waals surface area contributed by atoms with Crippen LogP contribution in [-0.4, -0.2) is 22.4 Å². The van der Waals surface area contributed by atoms with Crippen molar-refractivity contribution in [1.29, 1.82) is 0 Å². The first kappa shape index (κ1) is 16.4. The van der Waals surface area contributed by atoms with E-state index in [4.69, 9.17) is 0 Å². The maximum Gasteiger partial charge on any atom is 0.274 e. The third-order valence-electron chi connectivity index (χ3n) is 4.35.